The number of amides is 2. The Kier molecular flexibility index (Phi) is 6.36. The lowest BCUT2D eigenvalue weighted by atomic mass is 10.1. The summed E-state index contributed by atoms with van der Waals surface area (Å²) in [5.74, 6) is -0.114. The number of nitrogens with one attached hydrogen (secondary N) is 2. The van der Waals surface area contributed by atoms with Crippen LogP contribution in [0.4, 0.5) is 0 Å². The number of rotatable bonds is 4. The minimum Gasteiger partial charge on any atom is -0.359 e. The monoisotopic (exact) mass is 249 g/mol. The number of carbonyl (C=O) groups is 2. The Hall–Kier alpha value is -0.810. The Morgan fingerprint density at radius 1 is 1.56 bits per heavy atom. The molecule has 0 aromatic carbocycles. The molecule has 5 nitrogen and oxygen atoms in total. The highest BCUT2D eigenvalue weighted by molar-refractivity contribution is 5.85. The fraction of sp³-hybridized carbons (Fsp3) is 0.800. The summed E-state index contributed by atoms with van der Waals surface area (Å²) in [6.07, 6.45) is 0.900. The van der Waals surface area contributed by atoms with Crippen LogP contribution >= 0.6 is 12.4 Å². The molecule has 1 saturated heterocycles. The Morgan fingerprint density at radius 3 is 2.50 bits per heavy atom. The van der Waals surface area contributed by atoms with Gasteiger partial charge in [-0.15, -0.1) is 12.4 Å². The quantitative estimate of drug-likeness (QED) is 0.714. The molecule has 16 heavy (non-hydrogen) atoms. The van der Waals surface area contributed by atoms with E-state index in [0.29, 0.717) is 6.54 Å². The van der Waals surface area contributed by atoms with E-state index in [0.717, 1.165) is 13.0 Å². The maximum Gasteiger partial charge on any atom is 0.239 e. The molecule has 6 heteroatoms. The van der Waals surface area contributed by atoms with Crippen molar-refractivity contribution in [3.8, 4) is 0 Å². The minimum atomic E-state index is -0.163. The van der Waals surface area contributed by atoms with Crippen LogP contribution in [0.2, 0.25) is 0 Å². The largest absolute Gasteiger partial charge is 0.359 e. The molecule has 1 aliphatic rings. The first-order valence-corrected chi connectivity index (χ1v) is 5.26. The smallest absolute Gasteiger partial charge is 0.239 e. The Morgan fingerprint density at radius 2 is 2.12 bits per heavy atom. The Bertz CT molecular complexity index is 256. The SMILES string of the molecule is CNC(=O)C(C)CN(C)C(=O)[C@H]1CCN1.Cl. The van der Waals surface area contributed by atoms with Gasteiger partial charge in [-0.05, 0) is 13.0 Å². The van der Waals surface area contributed by atoms with Crippen molar-refractivity contribution in [3.63, 3.8) is 0 Å². The lowest BCUT2D eigenvalue weighted by molar-refractivity contribution is -0.135. The van der Waals surface area contributed by atoms with Crippen LogP contribution in [-0.2, 0) is 9.59 Å². The zero-order chi connectivity index (χ0) is 11.4. The van der Waals surface area contributed by atoms with Crippen molar-refractivity contribution in [1.29, 1.82) is 0 Å². The van der Waals surface area contributed by atoms with E-state index in [1.165, 1.54) is 0 Å². The molecule has 2 amide bonds. The van der Waals surface area contributed by atoms with Crippen molar-refractivity contribution in [3.05, 3.63) is 0 Å². The summed E-state index contributed by atoms with van der Waals surface area (Å²) in [4.78, 5) is 24.6. The third kappa shape index (κ3) is 3.64. The third-order valence-electron chi connectivity index (χ3n) is 2.74. The van der Waals surface area contributed by atoms with Gasteiger partial charge in [0, 0.05) is 20.6 Å². The highest BCUT2D eigenvalue weighted by Gasteiger charge is 2.28. The molecule has 2 atom stereocenters. The summed E-state index contributed by atoms with van der Waals surface area (Å²) in [5, 5.41) is 5.62. The molecule has 2 N–H and O–H groups in total. The van der Waals surface area contributed by atoms with Crippen LogP contribution in [-0.4, -0.2) is 49.9 Å². The molecule has 0 radical (unpaired) electrons. The molecular weight excluding hydrogens is 230 g/mol. The molecule has 0 aromatic rings. The lowest BCUT2D eigenvalue weighted by Crippen LogP contribution is -2.54. The predicted octanol–water partition coefficient (Wildman–Crippen LogP) is -0.389. The second-order valence-electron chi connectivity index (χ2n) is 4.03. The van der Waals surface area contributed by atoms with Gasteiger partial charge in [0.15, 0.2) is 0 Å². The van der Waals surface area contributed by atoms with Crippen molar-refractivity contribution in [1.82, 2.24) is 15.5 Å². The number of hydrogen-bond acceptors (Lipinski definition) is 3. The van der Waals surface area contributed by atoms with Crippen molar-refractivity contribution in [2.75, 3.05) is 27.2 Å². The average molecular weight is 250 g/mol. The molecule has 1 unspecified atom stereocenters. The summed E-state index contributed by atoms with van der Waals surface area (Å²) in [6, 6.07) is -0.0353. The molecular formula is C10H20ClN3O2. The predicted molar refractivity (Wildman–Crippen MR) is 64.5 cm³/mol. The van der Waals surface area contributed by atoms with Gasteiger partial charge in [-0.3, -0.25) is 9.59 Å². The second-order valence-corrected chi connectivity index (χ2v) is 4.03. The number of nitrogens with zero attached hydrogens (tertiary/aromatic N) is 1. The first-order chi connectivity index (χ1) is 7.06. The average Bonchev–Trinajstić information content (AvgIpc) is 2.13. The molecule has 94 valence electrons. The maximum atomic E-state index is 11.7. The van der Waals surface area contributed by atoms with Crippen LogP contribution < -0.4 is 10.6 Å². The summed E-state index contributed by atoms with van der Waals surface area (Å²) >= 11 is 0. The van der Waals surface area contributed by atoms with Gasteiger partial charge in [0.05, 0.1) is 12.0 Å². The van der Waals surface area contributed by atoms with E-state index in [2.05, 4.69) is 10.6 Å². The van der Waals surface area contributed by atoms with Crippen molar-refractivity contribution >= 4 is 24.2 Å². The number of likely N-dealkylation sites (N-methyl/N-ethyl adjacent to an activating group) is 1. The van der Waals surface area contributed by atoms with Gasteiger partial charge < -0.3 is 15.5 Å². The van der Waals surface area contributed by atoms with Crippen LogP contribution in [0.5, 0.6) is 0 Å². The van der Waals surface area contributed by atoms with Gasteiger partial charge in [0.1, 0.15) is 0 Å². The summed E-state index contributed by atoms with van der Waals surface area (Å²) in [6.45, 7) is 3.20. The second kappa shape index (κ2) is 6.70. The molecule has 0 spiro atoms. The summed E-state index contributed by atoms with van der Waals surface area (Å²) in [7, 11) is 3.34. The van der Waals surface area contributed by atoms with Gasteiger partial charge in [0.25, 0.3) is 0 Å². The van der Waals surface area contributed by atoms with E-state index in [1.54, 1.807) is 19.0 Å². The first kappa shape index (κ1) is 15.2. The van der Waals surface area contributed by atoms with E-state index in [9.17, 15) is 9.59 Å². The van der Waals surface area contributed by atoms with Crippen LogP contribution in [0.15, 0.2) is 0 Å². The van der Waals surface area contributed by atoms with Crippen molar-refractivity contribution < 1.29 is 9.59 Å². The molecule has 1 heterocycles. The highest BCUT2D eigenvalue weighted by atomic mass is 35.5. The number of carbonyl (C=O) groups excluding carboxylic acids is 2. The van der Waals surface area contributed by atoms with Gasteiger partial charge in [0.2, 0.25) is 11.8 Å². The van der Waals surface area contributed by atoms with Crippen LogP contribution in [0.3, 0.4) is 0 Å². The summed E-state index contributed by atoms with van der Waals surface area (Å²) in [5.41, 5.74) is 0. The maximum absolute atomic E-state index is 11.7. The third-order valence-corrected chi connectivity index (χ3v) is 2.74. The zero-order valence-corrected chi connectivity index (χ0v) is 10.8. The molecule has 1 rings (SSSR count). The van der Waals surface area contributed by atoms with Gasteiger partial charge in [-0.25, -0.2) is 0 Å². The molecule has 1 aliphatic heterocycles. The van der Waals surface area contributed by atoms with E-state index in [-0.39, 0.29) is 36.2 Å². The van der Waals surface area contributed by atoms with Crippen LogP contribution in [0.25, 0.3) is 0 Å². The number of hydrogen-bond donors (Lipinski definition) is 2. The molecule has 0 bridgehead atoms. The Labute approximate surface area is 102 Å². The minimum absolute atomic E-state index is 0. The fourth-order valence-corrected chi connectivity index (χ4v) is 1.60. The number of halogens is 1. The molecule has 0 aromatic heterocycles. The highest BCUT2D eigenvalue weighted by Crippen LogP contribution is 2.07. The molecule has 0 aliphatic carbocycles. The zero-order valence-electron chi connectivity index (χ0n) is 9.95. The van der Waals surface area contributed by atoms with E-state index in [1.807, 2.05) is 6.92 Å². The van der Waals surface area contributed by atoms with Gasteiger partial charge in [-0.1, -0.05) is 6.92 Å². The lowest BCUT2D eigenvalue weighted by Gasteiger charge is -2.31. The van der Waals surface area contributed by atoms with E-state index in [4.69, 9.17) is 0 Å². The van der Waals surface area contributed by atoms with Crippen LogP contribution in [0, 0.1) is 5.92 Å². The normalized spacial score (nSPS) is 20.1. The van der Waals surface area contributed by atoms with Crippen molar-refractivity contribution in [2.45, 2.75) is 19.4 Å². The van der Waals surface area contributed by atoms with E-state index < -0.39 is 0 Å². The standard InChI is InChI=1S/C10H19N3O2.ClH/c1-7(9(14)11-2)6-13(3)10(15)8-4-5-12-8;/h7-8,12H,4-6H2,1-3H3,(H,11,14);1H/t7?,8-;/m1./s1. The fourth-order valence-electron chi connectivity index (χ4n) is 1.60. The molecule has 1 fully saturated rings. The Balaban J connectivity index is 0.00000225. The molecule has 0 saturated carbocycles. The van der Waals surface area contributed by atoms with Crippen molar-refractivity contribution in [2.24, 2.45) is 5.92 Å². The van der Waals surface area contributed by atoms with Gasteiger partial charge >= 0.3 is 0 Å². The first-order valence-electron chi connectivity index (χ1n) is 5.26. The topological polar surface area (TPSA) is 61.4 Å². The van der Waals surface area contributed by atoms with E-state index >= 15 is 0 Å². The van der Waals surface area contributed by atoms with Gasteiger partial charge in [-0.2, -0.15) is 0 Å². The summed E-state index contributed by atoms with van der Waals surface area (Å²) < 4.78 is 0. The van der Waals surface area contributed by atoms with Crippen LogP contribution in [0.1, 0.15) is 13.3 Å².